The number of aryl methyl sites for hydroxylation is 1. The number of carbonyl (C=O) groups is 2. The highest BCUT2D eigenvalue weighted by molar-refractivity contribution is 5.84. The maximum atomic E-state index is 13.5. The molecule has 0 radical (unpaired) electrons. The molecule has 2 amide bonds. The van der Waals surface area contributed by atoms with Gasteiger partial charge in [-0.1, -0.05) is 18.2 Å². The Morgan fingerprint density at radius 1 is 1.04 bits per heavy atom. The van der Waals surface area contributed by atoms with Crippen molar-refractivity contribution in [2.45, 2.75) is 32.8 Å². The fourth-order valence-corrected chi connectivity index (χ4v) is 2.28. The Labute approximate surface area is 157 Å². The van der Waals surface area contributed by atoms with E-state index in [-0.39, 0.29) is 18.7 Å². The minimum absolute atomic E-state index is 0.0509. The molecule has 144 valence electrons. The molecule has 2 aromatic rings. The predicted octanol–water partition coefficient (Wildman–Crippen LogP) is 2.77. The number of rotatable bonds is 8. The number of amides is 2. The van der Waals surface area contributed by atoms with Crippen molar-refractivity contribution in [3.05, 3.63) is 59.9 Å². The molecule has 1 atom stereocenters. The SMILES string of the molecule is CCOc1ccc(O[C@@H](C)C(=O)NNC(=O)CCc2ccccc2F)cc1. The summed E-state index contributed by atoms with van der Waals surface area (Å²) in [6, 6.07) is 13.1. The summed E-state index contributed by atoms with van der Waals surface area (Å²) in [5.74, 6) is -0.0502. The summed E-state index contributed by atoms with van der Waals surface area (Å²) in [5, 5.41) is 0. The molecule has 7 heteroatoms. The Hall–Kier alpha value is -3.09. The molecule has 0 aliphatic rings. The minimum Gasteiger partial charge on any atom is -0.494 e. The van der Waals surface area contributed by atoms with Gasteiger partial charge in [-0.15, -0.1) is 0 Å². The number of carbonyl (C=O) groups excluding carboxylic acids is 2. The molecule has 0 saturated heterocycles. The number of halogens is 1. The fraction of sp³-hybridized carbons (Fsp3) is 0.300. The average molecular weight is 374 g/mol. The zero-order valence-electron chi connectivity index (χ0n) is 15.3. The van der Waals surface area contributed by atoms with E-state index in [2.05, 4.69) is 10.9 Å². The first-order valence-corrected chi connectivity index (χ1v) is 8.71. The molecule has 0 spiro atoms. The van der Waals surface area contributed by atoms with Crippen LogP contribution in [0.4, 0.5) is 4.39 Å². The Morgan fingerprint density at radius 2 is 1.70 bits per heavy atom. The lowest BCUT2D eigenvalue weighted by atomic mass is 10.1. The van der Waals surface area contributed by atoms with Crippen LogP contribution < -0.4 is 20.3 Å². The number of hydrogen-bond acceptors (Lipinski definition) is 4. The Kier molecular flexibility index (Phi) is 7.61. The van der Waals surface area contributed by atoms with Gasteiger partial charge in [0, 0.05) is 6.42 Å². The van der Waals surface area contributed by atoms with Gasteiger partial charge in [0.25, 0.3) is 5.91 Å². The van der Waals surface area contributed by atoms with E-state index in [0.717, 1.165) is 0 Å². The largest absolute Gasteiger partial charge is 0.494 e. The molecule has 2 rings (SSSR count). The summed E-state index contributed by atoms with van der Waals surface area (Å²) in [4.78, 5) is 23.8. The fourth-order valence-electron chi connectivity index (χ4n) is 2.28. The van der Waals surface area contributed by atoms with Crippen molar-refractivity contribution in [1.82, 2.24) is 10.9 Å². The van der Waals surface area contributed by atoms with Gasteiger partial charge in [-0.25, -0.2) is 4.39 Å². The quantitative estimate of drug-likeness (QED) is 0.697. The summed E-state index contributed by atoms with van der Waals surface area (Å²) in [7, 11) is 0. The summed E-state index contributed by atoms with van der Waals surface area (Å²) in [6.07, 6.45) is -0.517. The molecule has 6 nitrogen and oxygen atoms in total. The van der Waals surface area contributed by atoms with E-state index in [1.807, 2.05) is 6.92 Å². The lowest BCUT2D eigenvalue weighted by Gasteiger charge is -2.15. The second-order valence-corrected chi connectivity index (χ2v) is 5.79. The van der Waals surface area contributed by atoms with Gasteiger partial charge in [-0.2, -0.15) is 0 Å². The van der Waals surface area contributed by atoms with Gasteiger partial charge < -0.3 is 9.47 Å². The van der Waals surface area contributed by atoms with E-state index in [1.165, 1.54) is 6.07 Å². The van der Waals surface area contributed by atoms with Crippen LogP contribution >= 0.6 is 0 Å². The van der Waals surface area contributed by atoms with Crippen LogP contribution in [0, 0.1) is 5.82 Å². The molecule has 0 fully saturated rings. The third kappa shape index (κ3) is 6.62. The average Bonchev–Trinajstić information content (AvgIpc) is 2.67. The summed E-state index contributed by atoms with van der Waals surface area (Å²) < 4.78 is 24.4. The molecule has 0 heterocycles. The summed E-state index contributed by atoms with van der Waals surface area (Å²) in [6.45, 7) is 4.02. The van der Waals surface area contributed by atoms with Crippen molar-refractivity contribution in [3.8, 4) is 11.5 Å². The normalized spacial score (nSPS) is 11.4. The third-order valence-electron chi connectivity index (χ3n) is 3.72. The summed E-state index contributed by atoms with van der Waals surface area (Å²) in [5.41, 5.74) is 5.06. The van der Waals surface area contributed by atoms with Crippen molar-refractivity contribution in [1.29, 1.82) is 0 Å². The van der Waals surface area contributed by atoms with Crippen molar-refractivity contribution in [3.63, 3.8) is 0 Å². The van der Waals surface area contributed by atoms with Gasteiger partial charge in [0.05, 0.1) is 6.61 Å². The minimum atomic E-state index is -0.810. The number of nitrogens with one attached hydrogen (secondary N) is 2. The van der Waals surface area contributed by atoms with Crippen molar-refractivity contribution in [2.75, 3.05) is 6.61 Å². The smallest absolute Gasteiger partial charge is 0.279 e. The first-order valence-electron chi connectivity index (χ1n) is 8.71. The van der Waals surface area contributed by atoms with Gasteiger partial charge in [0.1, 0.15) is 17.3 Å². The standard InChI is InChI=1S/C20H23FN2O4/c1-3-26-16-9-11-17(12-10-16)27-14(2)20(25)23-22-19(24)13-8-15-6-4-5-7-18(15)21/h4-7,9-12,14H,3,8,13H2,1-2H3,(H,22,24)(H,23,25)/t14-/m0/s1. The number of ether oxygens (including phenoxy) is 2. The third-order valence-corrected chi connectivity index (χ3v) is 3.72. The van der Waals surface area contributed by atoms with E-state index in [0.29, 0.717) is 23.7 Å². The second-order valence-electron chi connectivity index (χ2n) is 5.79. The summed E-state index contributed by atoms with van der Waals surface area (Å²) >= 11 is 0. The van der Waals surface area contributed by atoms with Crippen LogP contribution in [0.1, 0.15) is 25.8 Å². The second kappa shape index (κ2) is 10.2. The molecule has 0 aromatic heterocycles. The van der Waals surface area contributed by atoms with Crippen LogP contribution in [0.5, 0.6) is 11.5 Å². The van der Waals surface area contributed by atoms with Crippen molar-refractivity contribution in [2.24, 2.45) is 0 Å². The Bertz CT molecular complexity index is 765. The lowest BCUT2D eigenvalue weighted by Crippen LogP contribution is -2.47. The maximum Gasteiger partial charge on any atom is 0.279 e. The van der Waals surface area contributed by atoms with Gasteiger partial charge in [0.2, 0.25) is 5.91 Å². The first-order chi connectivity index (χ1) is 13.0. The maximum absolute atomic E-state index is 13.5. The van der Waals surface area contributed by atoms with Crippen LogP contribution in [0.3, 0.4) is 0 Å². The molecule has 0 aliphatic heterocycles. The zero-order chi connectivity index (χ0) is 19.6. The van der Waals surface area contributed by atoms with E-state index in [4.69, 9.17) is 9.47 Å². The highest BCUT2D eigenvalue weighted by Crippen LogP contribution is 2.18. The highest BCUT2D eigenvalue weighted by atomic mass is 19.1. The van der Waals surface area contributed by atoms with Crippen molar-refractivity contribution >= 4 is 11.8 Å². The van der Waals surface area contributed by atoms with Crippen LogP contribution in [-0.2, 0) is 16.0 Å². The van der Waals surface area contributed by atoms with Gasteiger partial charge in [-0.3, -0.25) is 20.4 Å². The van der Waals surface area contributed by atoms with Gasteiger partial charge >= 0.3 is 0 Å². The van der Waals surface area contributed by atoms with Crippen LogP contribution in [0.25, 0.3) is 0 Å². The van der Waals surface area contributed by atoms with Crippen LogP contribution in [0.15, 0.2) is 48.5 Å². The monoisotopic (exact) mass is 374 g/mol. The van der Waals surface area contributed by atoms with E-state index in [9.17, 15) is 14.0 Å². The van der Waals surface area contributed by atoms with Crippen molar-refractivity contribution < 1.29 is 23.5 Å². The molecule has 27 heavy (non-hydrogen) atoms. The molecule has 0 aliphatic carbocycles. The van der Waals surface area contributed by atoms with Crippen LogP contribution in [0.2, 0.25) is 0 Å². The van der Waals surface area contributed by atoms with E-state index >= 15 is 0 Å². The molecular weight excluding hydrogens is 351 g/mol. The Morgan fingerprint density at radius 3 is 2.37 bits per heavy atom. The molecular formula is C20H23FN2O4. The molecule has 0 saturated carbocycles. The van der Waals surface area contributed by atoms with Gasteiger partial charge in [0.15, 0.2) is 6.10 Å². The van der Waals surface area contributed by atoms with E-state index in [1.54, 1.807) is 49.4 Å². The number of hydrogen-bond donors (Lipinski definition) is 2. The first kappa shape index (κ1) is 20.2. The highest BCUT2D eigenvalue weighted by Gasteiger charge is 2.15. The Balaban J connectivity index is 1.73. The molecule has 2 aromatic carbocycles. The predicted molar refractivity (Wildman–Crippen MR) is 98.7 cm³/mol. The number of hydrazine groups is 1. The van der Waals surface area contributed by atoms with Gasteiger partial charge in [-0.05, 0) is 56.2 Å². The van der Waals surface area contributed by atoms with E-state index < -0.39 is 17.9 Å². The zero-order valence-corrected chi connectivity index (χ0v) is 15.3. The molecule has 2 N–H and O–H groups in total. The molecule has 0 unspecified atom stereocenters. The van der Waals surface area contributed by atoms with Crippen LogP contribution in [-0.4, -0.2) is 24.5 Å². The topological polar surface area (TPSA) is 76.7 Å². The number of benzene rings is 2. The lowest BCUT2D eigenvalue weighted by molar-refractivity contribution is -0.132. The molecule has 0 bridgehead atoms.